The van der Waals surface area contributed by atoms with Crippen molar-refractivity contribution < 1.29 is 28.8 Å². The standard InChI is InChI=1S/C20H18O6/c21-20-19-12(7-22-20)3-11-5-16-17(26-9-25-16)6-13(11)18(19)10-1-2-14-15(4-10)24-8-23-14/h1-2,4-6,12,18-21H,3,7-9H2/t12-,18-,19-,20?/m0/s1. The molecule has 134 valence electrons. The van der Waals surface area contributed by atoms with Gasteiger partial charge in [0, 0.05) is 11.8 Å². The van der Waals surface area contributed by atoms with E-state index >= 15 is 0 Å². The monoisotopic (exact) mass is 354 g/mol. The van der Waals surface area contributed by atoms with Gasteiger partial charge in [-0.05, 0) is 53.3 Å². The van der Waals surface area contributed by atoms with Crippen LogP contribution < -0.4 is 18.9 Å². The lowest BCUT2D eigenvalue weighted by Gasteiger charge is -2.36. The van der Waals surface area contributed by atoms with Gasteiger partial charge in [-0.3, -0.25) is 0 Å². The fraction of sp³-hybridized carbons (Fsp3) is 0.400. The Kier molecular flexibility index (Phi) is 2.99. The molecule has 4 aliphatic rings. The van der Waals surface area contributed by atoms with Crippen molar-refractivity contribution in [3.05, 3.63) is 47.0 Å². The summed E-state index contributed by atoms with van der Waals surface area (Å²) in [5, 5.41) is 10.5. The zero-order chi connectivity index (χ0) is 17.3. The second kappa shape index (κ2) is 5.28. The Morgan fingerprint density at radius 1 is 0.846 bits per heavy atom. The molecule has 26 heavy (non-hydrogen) atoms. The van der Waals surface area contributed by atoms with Crippen LogP contribution in [-0.2, 0) is 11.2 Å². The van der Waals surface area contributed by atoms with E-state index in [0.717, 1.165) is 35.0 Å². The van der Waals surface area contributed by atoms with E-state index in [4.69, 9.17) is 23.7 Å². The molecule has 4 atom stereocenters. The Bertz CT molecular complexity index is 894. The first-order valence-electron chi connectivity index (χ1n) is 8.89. The molecule has 0 spiro atoms. The molecule has 3 aliphatic heterocycles. The summed E-state index contributed by atoms with van der Waals surface area (Å²) in [5.41, 5.74) is 3.49. The van der Waals surface area contributed by atoms with Gasteiger partial charge < -0.3 is 28.8 Å². The number of ether oxygens (including phenoxy) is 5. The van der Waals surface area contributed by atoms with E-state index in [0.29, 0.717) is 6.61 Å². The second-order valence-electron chi connectivity index (χ2n) is 7.26. The van der Waals surface area contributed by atoms with E-state index in [-0.39, 0.29) is 31.3 Å². The maximum Gasteiger partial charge on any atom is 0.231 e. The van der Waals surface area contributed by atoms with Gasteiger partial charge in [-0.15, -0.1) is 0 Å². The predicted molar refractivity (Wildman–Crippen MR) is 89.6 cm³/mol. The summed E-state index contributed by atoms with van der Waals surface area (Å²) in [7, 11) is 0. The van der Waals surface area contributed by atoms with Gasteiger partial charge in [0.15, 0.2) is 29.3 Å². The quantitative estimate of drug-likeness (QED) is 0.848. The molecule has 1 aliphatic carbocycles. The largest absolute Gasteiger partial charge is 0.454 e. The number of benzene rings is 2. The van der Waals surface area contributed by atoms with Gasteiger partial charge in [0.2, 0.25) is 13.6 Å². The van der Waals surface area contributed by atoms with E-state index < -0.39 is 6.29 Å². The van der Waals surface area contributed by atoms with Crippen LogP contribution in [0.1, 0.15) is 22.6 Å². The van der Waals surface area contributed by atoms with Crippen LogP contribution in [0.4, 0.5) is 0 Å². The first-order valence-corrected chi connectivity index (χ1v) is 8.89. The maximum absolute atomic E-state index is 10.5. The molecule has 6 nitrogen and oxygen atoms in total. The van der Waals surface area contributed by atoms with Crippen LogP contribution in [0.2, 0.25) is 0 Å². The molecule has 3 heterocycles. The molecular weight excluding hydrogens is 336 g/mol. The second-order valence-corrected chi connectivity index (χ2v) is 7.26. The molecule has 0 aromatic heterocycles. The van der Waals surface area contributed by atoms with E-state index in [2.05, 4.69) is 18.2 Å². The minimum atomic E-state index is -0.769. The normalized spacial score (nSPS) is 30.2. The molecule has 1 N–H and O–H groups in total. The van der Waals surface area contributed by atoms with Crippen molar-refractivity contribution in [3.8, 4) is 23.0 Å². The number of hydrogen-bond acceptors (Lipinski definition) is 6. The topological polar surface area (TPSA) is 66.4 Å². The third kappa shape index (κ3) is 2.00. The van der Waals surface area contributed by atoms with E-state index in [1.807, 2.05) is 12.1 Å². The number of fused-ring (bicyclic) bond motifs is 4. The van der Waals surface area contributed by atoms with Gasteiger partial charge in [0.05, 0.1) is 6.61 Å². The number of aliphatic hydroxyl groups is 1. The van der Waals surface area contributed by atoms with Crippen LogP contribution in [0, 0.1) is 11.8 Å². The highest BCUT2D eigenvalue weighted by Crippen LogP contribution is 2.52. The summed E-state index contributed by atoms with van der Waals surface area (Å²) in [6.45, 7) is 1.07. The Balaban J connectivity index is 1.53. The average Bonchev–Trinajstić information content (AvgIpc) is 3.37. The van der Waals surface area contributed by atoms with Gasteiger partial charge in [-0.25, -0.2) is 0 Å². The number of aliphatic hydroxyl groups excluding tert-OH is 1. The molecule has 2 aromatic carbocycles. The zero-order valence-corrected chi connectivity index (χ0v) is 14.0. The highest BCUT2D eigenvalue weighted by molar-refractivity contribution is 5.55. The van der Waals surface area contributed by atoms with Crippen molar-refractivity contribution >= 4 is 0 Å². The van der Waals surface area contributed by atoms with Crippen molar-refractivity contribution in [2.24, 2.45) is 11.8 Å². The molecule has 1 saturated heterocycles. The van der Waals surface area contributed by atoms with E-state index in [9.17, 15) is 5.11 Å². The van der Waals surface area contributed by atoms with Crippen LogP contribution in [-0.4, -0.2) is 31.6 Å². The SMILES string of the molecule is OC1OC[C@@H]2Cc3cc4c(cc3[C@H](c3ccc5c(c3)OCO5)[C@@H]12)OCO4. The third-order valence-corrected chi connectivity index (χ3v) is 5.95. The van der Waals surface area contributed by atoms with Gasteiger partial charge in [-0.2, -0.15) is 0 Å². The van der Waals surface area contributed by atoms with Crippen LogP contribution in [0.3, 0.4) is 0 Å². The molecule has 0 radical (unpaired) electrons. The molecule has 0 amide bonds. The fourth-order valence-electron chi connectivity index (χ4n) is 4.77. The molecule has 1 unspecified atom stereocenters. The van der Waals surface area contributed by atoms with Gasteiger partial charge in [0.1, 0.15) is 0 Å². The summed E-state index contributed by atoms with van der Waals surface area (Å²) in [6, 6.07) is 10.2. The highest BCUT2D eigenvalue weighted by Gasteiger charge is 2.47. The van der Waals surface area contributed by atoms with Crippen LogP contribution >= 0.6 is 0 Å². The van der Waals surface area contributed by atoms with Crippen molar-refractivity contribution in [1.82, 2.24) is 0 Å². The summed E-state index contributed by atoms with van der Waals surface area (Å²) in [5.74, 6) is 3.35. The van der Waals surface area contributed by atoms with Crippen LogP contribution in [0.25, 0.3) is 0 Å². The van der Waals surface area contributed by atoms with Crippen LogP contribution in [0.15, 0.2) is 30.3 Å². The first kappa shape index (κ1) is 14.7. The van der Waals surface area contributed by atoms with Crippen LogP contribution in [0.5, 0.6) is 23.0 Å². The summed E-state index contributed by atoms with van der Waals surface area (Å²) in [6.07, 6.45) is 0.100. The van der Waals surface area contributed by atoms with Crippen molar-refractivity contribution in [2.75, 3.05) is 20.2 Å². The van der Waals surface area contributed by atoms with E-state index in [1.165, 1.54) is 11.1 Å². The Labute approximate surface area is 150 Å². The van der Waals surface area contributed by atoms with Gasteiger partial charge in [-0.1, -0.05) is 6.07 Å². The molecule has 2 aromatic rings. The molecule has 6 heteroatoms. The Morgan fingerprint density at radius 2 is 1.58 bits per heavy atom. The molecule has 6 rings (SSSR count). The van der Waals surface area contributed by atoms with Gasteiger partial charge in [0.25, 0.3) is 0 Å². The molecule has 0 saturated carbocycles. The number of hydrogen-bond donors (Lipinski definition) is 1. The summed E-state index contributed by atoms with van der Waals surface area (Å²) < 4.78 is 27.8. The predicted octanol–water partition coefficient (Wildman–Crippen LogP) is 2.41. The van der Waals surface area contributed by atoms with Crippen molar-refractivity contribution in [2.45, 2.75) is 18.6 Å². The lowest BCUT2D eigenvalue weighted by atomic mass is 9.67. The fourth-order valence-corrected chi connectivity index (χ4v) is 4.77. The van der Waals surface area contributed by atoms with Gasteiger partial charge >= 0.3 is 0 Å². The average molecular weight is 354 g/mol. The Morgan fingerprint density at radius 3 is 2.42 bits per heavy atom. The minimum absolute atomic E-state index is 0.00300. The third-order valence-electron chi connectivity index (χ3n) is 5.95. The summed E-state index contributed by atoms with van der Waals surface area (Å²) in [4.78, 5) is 0. The zero-order valence-electron chi connectivity index (χ0n) is 14.0. The number of rotatable bonds is 1. The molecule has 0 bridgehead atoms. The van der Waals surface area contributed by atoms with Crippen molar-refractivity contribution in [1.29, 1.82) is 0 Å². The summed E-state index contributed by atoms with van der Waals surface area (Å²) >= 11 is 0. The lowest BCUT2D eigenvalue weighted by Crippen LogP contribution is -2.33. The van der Waals surface area contributed by atoms with E-state index in [1.54, 1.807) is 0 Å². The highest BCUT2D eigenvalue weighted by atomic mass is 16.7. The van der Waals surface area contributed by atoms with Crippen molar-refractivity contribution in [3.63, 3.8) is 0 Å². The minimum Gasteiger partial charge on any atom is -0.454 e. The lowest BCUT2D eigenvalue weighted by molar-refractivity contribution is -0.0853. The smallest absolute Gasteiger partial charge is 0.231 e. The Hall–Kier alpha value is -2.44. The molecule has 1 fully saturated rings. The maximum atomic E-state index is 10.5. The first-order chi connectivity index (χ1) is 12.8. The molecular formula is C20H18O6.